The van der Waals surface area contributed by atoms with Crippen LogP contribution in [0.25, 0.3) is 0 Å². The van der Waals surface area contributed by atoms with Gasteiger partial charge < -0.3 is 5.73 Å². The second-order valence-corrected chi connectivity index (χ2v) is 3.85. The lowest BCUT2D eigenvalue weighted by atomic mass is 10.2. The Morgan fingerprint density at radius 2 is 2.43 bits per heavy atom. The third-order valence-corrected chi connectivity index (χ3v) is 2.82. The Balaban J connectivity index is 2.05. The molecular formula is C10H16N4. The monoisotopic (exact) mass is 192 g/mol. The average molecular weight is 192 g/mol. The molecule has 2 heterocycles. The maximum Gasteiger partial charge on any atom is 0.0755 e. The molecule has 0 aliphatic carbocycles. The number of nitrogens with zero attached hydrogens (tertiary/aromatic N) is 3. The molecule has 0 amide bonds. The van der Waals surface area contributed by atoms with E-state index in [-0.39, 0.29) is 0 Å². The summed E-state index contributed by atoms with van der Waals surface area (Å²) >= 11 is 0. The Hall–Kier alpha value is -1.00. The number of likely N-dealkylation sites (tertiary alicyclic amines) is 1. The predicted octanol–water partition coefficient (Wildman–Crippen LogP) is 0.571. The molecule has 2 rings (SSSR count). The van der Waals surface area contributed by atoms with Crippen LogP contribution in [0.2, 0.25) is 0 Å². The third-order valence-electron chi connectivity index (χ3n) is 2.82. The minimum absolute atomic E-state index is 0.328. The van der Waals surface area contributed by atoms with Crippen molar-refractivity contribution in [3.8, 4) is 0 Å². The fourth-order valence-electron chi connectivity index (χ4n) is 1.88. The van der Waals surface area contributed by atoms with Crippen LogP contribution in [0.5, 0.6) is 0 Å². The van der Waals surface area contributed by atoms with Crippen LogP contribution in [0, 0.1) is 0 Å². The molecule has 0 unspecified atom stereocenters. The zero-order valence-corrected chi connectivity index (χ0v) is 8.43. The van der Waals surface area contributed by atoms with Crippen LogP contribution < -0.4 is 5.73 Å². The van der Waals surface area contributed by atoms with Crippen LogP contribution in [-0.4, -0.2) is 34.0 Å². The van der Waals surface area contributed by atoms with Gasteiger partial charge in [-0.2, -0.15) is 0 Å². The molecule has 1 aromatic heterocycles. The summed E-state index contributed by atoms with van der Waals surface area (Å²) in [5.41, 5.74) is 6.89. The SMILES string of the molecule is C[C@H](c1cnccn1)N1CC[C@H](N)C1. The molecule has 0 radical (unpaired) electrons. The summed E-state index contributed by atoms with van der Waals surface area (Å²) in [6, 6.07) is 0.659. The molecule has 1 aromatic rings. The Labute approximate surface area is 84.2 Å². The van der Waals surface area contributed by atoms with Gasteiger partial charge in [0.1, 0.15) is 0 Å². The quantitative estimate of drug-likeness (QED) is 0.744. The zero-order valence-electron chi connectivity index (χ0n) is 8.43. The van der Waals surface area contributed by atoms with E-state index in [1.54, 1.807) is 12.4 Å². The van der Waals surface area contributed by atoms with Gasteiger partial charge in [0.15, 0.2) is 0 Å². The summed E-state index contributed by atoms with van der Waals surface area (Å²) < 4.78 is 0. The van der Waals surface area contributed by atoms with Crippen molar-refractivity contribution in [1.82, 2.24) is 14.9 Å². The highest BCUT2D eigenvalue weighted by atomic mass is 15.2. The Bertz CT molecular complexity index is 287. The van der Waals surface area contributed by atoms with Gasteiger partial charge >= 0.3 is 0 Å². The van der Waals surface area contributed by atoms with Gasteiger partial charge in [0, 0.05) is 37.7 Å². The summed E-state index contributed by atoms with van der Waals surface area (Å²) in [6.07, 6.45) is 6.35. The van der Waals surface area contributed by atoms with Crippen molar-refractivity contribution in [3.05, 3.63) is 24.3 Å². The summed E-state index contributed by atoms with van der Waals surface area (Å²) in [6.45, 7) is 4.19. The fraction of sp³-hybridized carbons (Fsp3) is 0.600. The number of hydrogen-bond acceptors (Lipinski definition) is 4. The van der Waals surface area contributed by atoms with E-state index in [9.17, 15) is 0 Å². The highest BCUT2D eigenvalue weighted by Gasteiger charge is 2.24. The first-order valence-corrected chi connectivity index (χ1v) is 5.03. The van der Waals surface area contributed by atoms with E-state index >= 15 is 0 Å². The van der Waals surface area contributed by atoms with Gasteiger partial charge in [-0.3, -0.25) is 14.9 Å². The fourth-order valence-corrected chi connectivity index (χ4v) is 1.88. The molecule has 1 aliphatic heterocycles. The zero-order chi connectivity index (χ0) is 9.97. The Kier molecular flexibility index (Phi) is 2.74. The van der Waals surface area contributed by atoms with Crippen molar-refractivity contribution in [2.45, 2.75) is 25.4 Å². The van der Waals surface area contributed by atoms with Gasteiger partial charge in [0.05, 0.1) is 11.7 Å². The van der Waals surface area contributed by atoms with Crippen molar-refractivity contribution >= 4 is 0 Å². The minimum atomic E-state index is 0.328. The average Bonchev–Trinajstić information content (AvgIpc) is 2.65. The number of aromatic nitrogens is 2. The van der Waals surface area contributed by atoms with E-state index in [2.05, 4.69) is 21.8 Å². The first-order valence-electron chi connectivity index (χ1n) is 5.03. The molecule has 14 heavy (non-hydrogen) atoms. The van der Waals surface area contributed by atoms with E-state index in [1.807, 2.05) is 6.20 Å². The van der Waals surface area contributed by atoms with Crippen LogP contribution in [-0.2, 0) is 0 Å². The summed E-state index contributed by atoms with van der Waals surface area (Å²) in [5, 5.41) is 0. The summed E-state index contributed by atoms with van der Waals surface area (Å²) in [7, 11) is 0. The number of rotatable bonds is 2. The van der Waals surface area contributed by atoms with Crippen molar-refractivity contribution in [3.63, 3.8) is 0 Å². The molecule has 2 N–H and O–H groups in total. The molecule has 1 fully saturated rings. The smallest absolute Gasteiger partial charge is 0.0755 e. The third kappa shape index (κ3) is 1.91. The first kappa shape index (κ1) is 9.55. The van der Waals surface area contributed by atoms with Crippen molar-refractivity contribution in [1.29, 1.82) is 0 Å². The van der Waals surface area contributed by atoms with Gasteiger partial charge in [-0.1, -0.05) is 0 Å². The molecule has 0 aromatic carbocycles. The highest BCUT2D eigenvalue weighted by Crippen LogP contribution is 2.21. The van der Waals surface area contributed by atoms with E-state index in [1.165, 1.54) is 0 Å². The highest BCUT2D eigenvalue weighted by molar-refractivity contribution is 5.02. The molecular weight excluding hydrogens is 176 g/mol. The Morgan fingerprint density at radius 1 is 1.57 bits per heavy atom. The molecule has 76 valence electrons. The molecule has 1 saturated heterocycles. The van der Waals surface area contributed by atoms with Crippen LogP contribution in [0.1, 0.15) is 25.1 Å². The molecule has 0 saturated carbocycles. The molecule has 4 nitrogen and oxygen atoms in total. The second-order valence-electron chi connectivity index (χ2n) is 3.85. The largest absolute Gasteiger partial charge is 0.326 e. The van der Waals surface area contributed by atoms with Crippen LogP contribution >= 0.6 is 0 Å². The first-order chi connectivity index (χ1) is 6.77. The lowest BCUT2D eigenvalue weighted by Gasteiger charge is -2.22. The maximum atomic E-state index is 5.86. The van der Waals surface area contributed by atoms with Gasteiger partial charge in [0.25, 0.3) is 0 Å². The van der Waals surface area contributed by atoms with E-state index in [0.29, 0.717) is 12.1 Å². The van der Waals surface area contributed by atoms with Gasteiger partial charge in [-0.25, -0.2) is 0 Å². The van der Waals surface area contributed by atoms with E-state index < -0.39 is 0 Å². The molecule has 1 aliphatic rings. The standard InChI is InChI=1S/C10H16N4/c1-8(10-6-12-3-4-13-10)14-5-2-9(11)7-14/h3-4,6,8-9H,2,5,7,11H2,1H3/t8-,9+/m1/s1. The van der Waals surface area contributed by atoms with Gasteiger partial charge in [-0.15, -0.1) is 0 Å². The van der Waals surface area contributed by atoms with Gasteiger partial charge in [-0.05, 0) is 13.3 Å². The normalized spacial score (nSPS) is 25.1. The van der Waals surface area contributed by atoms with Crippen LogP contribution in [0.4, 0.5) is 0 Å². The van der Waals surface area contributed by atoms with Crippen molar-refractivity contribution in [2.75, 3.05) is 13.1 Å². The maximum absolute atomic E-state index is 5.86. The molecule has 4 heteroatoms. The Morgan fingerprint density at radius 3 is 3.00 bits per heavy atom. The molecule has 2 atom stereocenters. The minimum Gasteiger partial charge on any atom is -0.326 e. The van der Waals surface area contributed by atoms with E-state index in [4.69, 9.17) is 5.73 Å². The number of nitrogens with two attached hydrogens (primary N) is 1. The molecule has 0 spiro atoms. The predicted molar refractivity (Wildman–Crippen MR) is 54.6 cm³/mol. The van der Waals surface area contributed by atoms with Crippen LogP contribution in [0.3, 0.4) is 0 Å². The summed E-state index contributed by atoms with van der Waals surface area (Å²) in [4.78, 5) is 10.7. The molecule has 0 bridgehead atoms. The van der Waals surface area contributed by atoms with Crippen molar-refractivity contribution < 1.29 is 0 Å². The topological polar surface area (TPSA) is 55.0 Å². The van der Waals surface area contributed by atoms with Crippen LogP contribution in [0.15, 0.2) is 18.6 Å². The lowest BCUT2D eigenvalue weighted by molar-refractivity contribution is 0.255. The summed E-state index contributed by atoms with van der Waals surface area (Å²) in [5.74, 6) is 0. The van der Waals surface area contributed by atoms with Crippen molar-refractivity contribution in [2.24, 2.45) is 5.73 Å². The second kappa shape index (κ2) is 4.02. The number of hydrogen-bond donors (Lipinski definition) is 1. The van der Waals surface area contributed by atoms with E-state index in [0.717, 1.165) is 25.2 Å². The van der Waals surface area contributed by atoms with Gasteiger partial charge in [0.2, 0.25) is 0 Å². The lowest BCUT2D eigenvalue weighted by Crippen LogP contribution is -2.29.